The van der Waals surface area contributed by atoms with E-state index in [9.17, 15) is 0 Å². The van der Waals surface area contributed by atoms with E-state index in [2.05, 4.69) is 31.0 Å². The van der Waals surface area contributed by atoms with Crippen LogP contribution in [-0.2, 0) is 6.54 Å². The second-order valence-electron chi connectivity index (χ2n) is 5.68. The maximum absolute atomic E-state index is 6.26. The van der Waals surface area contributed by atoms with Crippen LogP contribution in [0.1, 0.15) is 5.56 Å². The number of nitrogens with zero attached hydrogens (tertiary/aromatic N) is 6. The molecule has 118 valence electrons. The van der Waals surface area contributed by atoms with Crippen LogP contribution in [0.3, 0.4) is 0 Å². The second-order valence-corrected chi connectivity index (χ2v) is 6.09. The van der Waals surface area contributed by atoms with Crippen LogP contribution in [0.2, 0.25) is 5.02 Å². The molecule has 23 heavy (non-hydrogen) atoms. The highest BCUT2D eigenvalue weighted by molar-refractivity contribution is 6.31. The normalized spacial score (nSPS) is 16.1. The summed E-state index contributed by atoms with van der Waals surface area (Å²) in [5, 5.41) is 8.85. The Morgan fingerprint density at radius 3 is 2.70 bits per heavy atom. The first-order valence-corrected chi connectivity index (χ1v) is 8.03. The summed E-state index contributed by atoms with van der Waals surface area (Å²) in [6.45, 7) is 4.77. The van der Waals surface area contributed by atoms with Crippen LogP contribution in [0.4, 0.5) is 5.82 Å². The van der Waals surface area contributed by atoms with Gasteiger partial charge in [-0.3, -0.25) is 14.3 Å². The molecule has 0 N–H and O–H groups in total. The average Bonchev–Trinajstić information content (AvgIpc) is 3.06. The van der Waals surface area contributed by atoms with Crippen molar-refractivity contribution in [3.8, 4) is 0 Å². The van der Waals surface area contributed by atoms with E-state index < -0.39 is 0 Å². The molecule has 4 rings (SSSR count). The SMILES string of the molecule is Clc1ccccc1CN1CCN(c2cncc3nncn23)CC1. The molecule has 0 aliphatic carbocycles. The summed E-state index contributed by atoms with van der Waals surface area (Å²) in [6, 6.07) is 8.05. The maximum Gasteiger partial charge on any atom is 0.180 e. The van der Waals surface area contributed by atoms with Crippen LogP contribution >= 0.6 is 11.6 Å². The maximum atomic E-state index is 6.26. The van der Waals surface area contributed by atoms with Crippen LogP contribution < -0.4 is 4.90 Å². The highest BCUT2D eigenvalue weighted by Gasteiger charge is 2.20. The minimum absolute atomic E-state index is 0.779. The summed E-state index contributed by atoms with van der Waals surface area (Å²) in [5.41, 5.74) is 1.96. The minimum atomic E-state index is 0.779. The number of piperazine rings is 1. The number of hydrogen-bond acceptors (Lipinski definition) is 5. The number of rotatable bonds is 3. The fourth-order valence-corrected chi connectivity index (χ4v) is 3.17. The second kappa shape index (κ2) is 6.14. The molecule has 0 unspecified atom stereocenters. The molecule has 6 nitrogen and oxygen atoms in total. The van der Waals surface area contributed by atoms with Crippen LogP contribution in [0.25, 0.3) is 5.65 Å². The van der Waals surface area contributed by atoms with Gasteiger partial charge in [0.05, 0.1) is 12.4 Å². The molecular formula is C16H17ClN6. The predicted octanol–water partition coefficient (Wildman–Crippen LogP) is 2.10. The molecule has 0 bridgehead atoms. The summed E-state index contributed by atoms with van der Waals surface area (Å²) in [5.74, 6) is 1.05. The summed E-state index contributed by atoms with van der Waals surface area (Å²) < 4.78 is 1.98. The molecule has 0 atom stereocenters. The third-order valence-electron chi connectivity index (χ3n) is 4.25. The molecule has 1 saturated heterocycles. The highest BCUT2D eigenvalue weighted by atomic mass is 35.5. The van der Waals surface area contributed by atoms with Gasteiger partial charge < -0.3 is 4.90 Å². The van der Waals surface area contributed by atoms with E-state index >= 15 is 0 Å². The molecule has 0 spiro atoms. The zero-order valence-electron chi connectivity index (χ0n) is 12.6. The summed E-state index contributed by atoms with van der Waals surface area (Å²) >= 11 is 6.26. The fraction of sp³-hybridized carbons (Fsp3) is 0.312. The lowest BCUT2D eigenvalue weighted by atomic mass is 10.2. The monoisotopic (exact) mass is 328 g/mol. The van der Waals surface area contributed by atoms with E-state index in [1.807, 2.05) is 28.8 Å². The summed E-state index contributed by atoms with van der Waals surface area (Å²) in [7, 11) is 0. The number of halogens is 1. The van der Waals surface area contributed by atoms with Crippen molar-refractivity contribution >= 4 is 23.1 Å². The molecule has 3 aromatic rings. The Kier molecular flexibility index (Phi) is 3.85. The van der Waals surface area contributed by atoms with Crippen LogP contribution in [0.5, 0.6) is 0 Å². The molecule has 0 amide bonds. The van der Waals surface area contributed by atoms with Gasteiger partial charge in [-0.05, 0) is 11.6 Å². The summed E-state index contributed by atoms with van der Waals surface area (Å²) in [4.78, 5) is 9.02. The average molecular weight is 329 g/mol. The molecule has 1 fully saturated rings. The topological polar surface area (TPSA) is 49.6 Å². The zero-order chi connectivity index (χ0) is 15.6. The lowest BCUT2D eigenvalue weighted by molar-refractivity contribution is 0.249. The highest BCUT2D eigenvalue weighted by Crippen LogP contribution is 2.20. The Labute approximate surface area is 139 Å². The van der Waals surface area contributed by atoms with Crippen molar-refractivity contribution in [2.45, 2.75) is 6.54 Å². The van der Waals surface area contributed by atoms with Crippen molar-refractivity contribution in [2.24, 2.45) is 0 Å². The van der Waals surface area contributed by atoms with Gasteiger partial charge in [-0.25, -0.2) is 0 Å². The first kappa shape index (κ1) is 14.4. The van der Waals surface area contributed by atoms with Crippen molar-refractivity contribution in [2.75, 3.05) is 31.1 Å². The molecule has 1 aliphatic rings. The largest absolute Gasteiger partial charge is 0.354 e. The van der Waals surface area contributed by atoms with Gasteiger partial charge in [0, 0.05) is 37.7 Å². The van der Waals surface area contributed by atoms with E-state index in [0.29, 0.717) is 0 Å². The first-order valence-electron chi connectivity index (χ1n) is 7.66. The number of fused-ring (bicyclic) bond motifs is 1. The zero-order valence-corrected chi connectivity index (χ0v) is 13.4. The Morgan fingerprint density at radius 1 is 1.04 bits per heavy atom. The van der Waals surface area contributed by atoms with E-state index in [1.165, 1.54) is 5.56 Å². The quantitative estimate of drug-likeness (QED) is 0.737. The van der Waals surface area contributed by atoms with Gasteiger partial charge in [-0.1, -0.05) is 29.8 Å². The molecule has 2 aromatic heterocycles. The predicted molar refractivity (Wildman–Crippen MR) is 89.7 cm³/mol. The Bertz CT molecular complexity index is 809. The third-order valence-corrected chi connectivity index (χ3v) is 4.62. The van der Waals surface area contributed by atoms with Gasteiger partial charge in [0.25, 0.3) is 0 Å². The molecule has 0 saturated carbocycles. The third kappa shape index (κ3) is 2.87. The first-order chi connectivity index (χ1) is 11.3. The van der Waals surface area contributed by atoms with E-state index in [1.54, 1.807) is 12.5 Å². The fourth-order valence-electron chi connectivity index (χ4n) is 2.98. The summed E-state index contributed by atoms with van der Waals surface area (Å²) in [6.07, 6.45) is 5.34. The van der Waals surface area contributed by atoms with Gasteiger partial charge in [0.15, 0.2) is 5.65 Å². The number of benzene rings is 1. The molecule has 7 heteroatoms. The molecule has 1 aliphatic heterocycles. The van der Waals surface area contributed by atoms with E-state index in [-0.39, 0.29) is 0 Å². The smallest absolute Gasteiger partial charge is 0.180 e. The van der Waals surface area contributed by atoms with Crippen LogP contribution in [0, 0.1) is 0 Å². The minimum Gasteiger partial charge on any atom is -0.354 e. The van der Waals surface area contributed by atoms with E-state index in [4.69, 9.17) is 11.6 Å². The van der Waals surface area contributed by atoms with Crippen molar-refractivity contribution in [3.63, 3.8) is 0 Å². The van der Waals surface area contributed by atoms with Gasteiger partial charge in [0.2, 0.25) is 0 Å². The number of anilines is 1. The number of hydrogen-bond donors (Lipinski definition) is 0. The van der Waals surface area contributed by atoms with Crippen molar-refractivity contribution in [3.05, 3.63) is 53.6 Å². The van der Waals surface area contributed by atoms with Crippen LogP contribution in [-0.4, -0.2) is 50.7 Å². The lowest BCUT2D eigenvalue weighted by Crippen LogP contribution is -2.46. The van der Waals surface area contributed by atoms with Crippen molar-refractivity contribution < 1.29 is 0 Å². The Morgan fingerprint density at radius 2 is 1.87 bits per heavy atom. The van der Waals surface area contributed by atoms with Crippen molar-refractivity contribution in [1.82, 2.24) is 24.5 Å². The number of aromatic nitrogens is 4. The molecule has 1 aromatic carbocycles. The van der Waals surface area contributed by atoms with Gasteiger partial charge in [-0.15, -0.1) is 10.2 Å². The van der Waals surface area contributed by atoms with Crippen LogP contribution in [0.15, 0.2) is 43.0 Å². The van der Waals surface area contributed by atoms with Crippen molar-refractivity contribution in [1.29, 1.82) is 0 Å². The lowest BCUT2D eigenvalue weighted by Gasteiger charge is -2.36. The molecular weight excluding hydrogens is 312 g/mol. The van der Waals surface area contributed by atoms with Gasteiger partial charge >= 0.3 is 0 Å². The Hall–Kier alpha value is -2.18. The molecule has 0 radical (unpaired) electrons. The molecule has 3 heterocycles. The Balaban J connectivity index is 1.45. The van der Waals surface area contributed by atoms with Gasteiger partial charge in [-0.2, -0.15) is 0 Å². The standard InChI is InChI=1S/C16H17ClN6/c17-14-4-2-1-3-13(14)11-21-5-7-22(8-6-21)16-10-18-9-15-20-19-12-23(15)16/h1-4,9-10,12H,5-8,11H2. The van der Waals surface area contributed by atoms with E-state index in [0.717, 1.165) is 49.2 Å². The van der Waals surface area contributed by atoms with Gasteiger partial charge in [0.1, 0.15) is 12.1 Å².